The molecule has 0 atom stereocenters. The minimum atomic E-state index is 0.883. The molecule has 7 heteroatoms. The molecule has 0 fully saturated rings. The highest BCUT2D eigenvalue weighted by Gasteiger charge is 2.21. The smallest absolute Gasteiger partial charge is 0.220 e. The molecular weight excluding hydrogens is 699 g/mol. The standard InChI is InChI=1S/C50H31N7/c1-2-13-32(14-3-1)33-25-28-46-48(29-33)55(50-52-40-19-6-9-22-43(40)57(46)50)35-16-12-15-34(30-35)53-41-20-7-4-17-37(41)38-27-26-36(31-47(38)53)54-44-23-10-11-24-45(44)56-42-21-8-5-18-39(42)51-49(54)56/h1-31H. The highest BCUT2D eigenvalue weighted by atomic mass is 15.2. The Kier molecular flexibility index (Phi) is 6.04. The third kappa shape index (κ3) is 4.20. The molecule has 266 valence electrons. The Hall–Kier alpha value is -7.90. The lowest BCUT2D eigenvalue weighted by molar-refractivity contribution is 1.09. The number of rotatable bonds is 4. The summed E-state index contributed by atoms with van der Waals surface area (Å²) >= 11 is 0. The van der Waals surface area contributed by atoms with Crippen LogP contribution in [0.3, 0.4) is 0 Å². The topological polar surface area (TPSA) is 49.4 Å². The molecule has 0 radical (unpaired) electrons. The van der Waals surface area contributed by atoms with Crippen LogP contribution in [0.2, 0.25) is 0 Å². The van der Waals surface area contributed by atoms with Crippen LogP contribution in [0, 0.1) is 0 Å². The highest BCUT2D eigenvalue weighted by Crippen LogP contribution is 2.38. The van der Waals surface area contributed by atoms with Gasteiger partial charge in [0.1, 0.15) is 0 Å². The van der Waals surface area contributed by atoms with E-state index in [0.717, 1.165) is 89.3 Å². The normalized spacial score (nSPS) is 12.2. The monoisotopic (exact) mass is 729 g/mol. The van der Waals surface area contributed by atoms with Gasteiger partial charge in [-0.2, -0.15) is 0 Å². The van der Waals surface area contributed by atoms with Gasteiger partial charge in [0.15, 0.2) is 0 Å². The number of benzene rings is 8. The van der Waals surface area contributed by atoms with E-state index in [1.165, 1.54) is 16.3 Å². The van der Waals surface area contributed by atoms with Gasteiger partial charge in [0.2, 0.25) is 11.6 Å². The number of nitrogens with zero attached hydrogens (tertiary/aromatic N) is 7. The number of imidazole rings is 4. The molecule has 0 aliphatic carbocycles. The van der Waals surface area contributed by atoms with E-state index in [1.54, 1.807) is 0 Å². The van der Waals surface area contributed by atoms with Gasteiger partial charge >= 0.3 is 0 Å². The molecule has 0 amide bonds. The lowest BCUT2D eigenvalue weighted by atomic mass is 10.1. The average molecular weight is 730 g/mol. The molecule has 5 heterocycles. The summed E-state index contributed by atoms with van der Waals surface area (Å²) < 4.78 is 11.6. The summed E-state index contributed by atoms with van der Waals surface area (Å²) in [5.74, 6) is 1.78. The fraction of sp³-hybridized carbons (Fsp3) is 0. The molecule has 5 aromatic heterocycles. The zero-order valence-corrected chi connectivity index (χ0v) is 30.5. The van der Waals surface area contributed by atoms with E-state index >= 15 is 0 Å². The number of para-hydroxylation sites is 7. The summed E-state index contributed by atoms with van der Waals surface area (Å²) in [5.41, 5.74) is 16.4. The van der Waals surface area contributed by atoms with Gasteiger partial charge in [-0.15, -0.1) is 0 Å². The van der Waals surface area contributed by atoms with Crippen LogP contribution < -0.4 is 0 Å². The van der Waals surface area contributed by atoms with Crippen molar-refractivity contribution < 1.29 is 0 Å². The molecule has 0 N–H and O–H groups in total. The van der Waals surface area contributed by atoms with Crippen molar-refractivity contribution in [3.8, 4) is 28.2 Å². The van der Waals surface area contributed by atoms with Crippen LogP contribution in [-0.2, 0) is 0 Å². The first kappa shape index (κ1) is 30.4. The molecule has 0 saturated heterocycles. The van der Waals surface area contributed by atoms with Crippen molar-refractivity contribution in [1.29, 1.82) is 0 Å². The number of hydrogen-bond donors (Lipinski definition) is 0. The summed E-state index contributed by atoms with van der Waals surface area (Å²) in [4.78, 5) is 10.4. The lowest BCUT2D eigenvalue weighted by Crippen LogP contribution is -2.00. The van der Waals surface area contributed by atoms with Crippen LogP contribution in [0.5, 0.6) is 0 Å². The van der Waals surface area contributed by atoms with E-state index in [9.17, 15) is 0 Å². The summed E-state index contributed by atoms with van der Waals surface area (Å²) in [6, 6.07) is 67.1. The van der Waals surface area contributed by atoms with Gasteiger partial charge in [0.05, 0.1) is 66.5 Å². The molecule has 7 nitrogen and oxygen atoms in total. The number of aromatic nitrogens is 7. The van der Waals surface area contributed by atoms with E-state index in [0.29, 0.717) is 0 Å². The third-order valence-corrected chi connectivity index (χ3v) is 11.7. The minimum absolute atomic E-state index is 0.883. The maximum absolute atomic E-state index is 5.24. The molecule has 0 aliphatic heterocycles. The second-order valence-electron chi connectivity index (χ2n) is 14.8. The summed E-state index contributed by atoms with van der Waals surface area (Å²) in [6.07, 6.45) is 0. The van der Waals surface area contributed by atoms with Crippen LogP contribution in [0.15, 0.2) is 188 Å². The number of fused-ring (bicyclic) bond motifs is 13. The first-order valence-electron chi connectivity index (χ1n) is 19.3. The van der Waals surface area contributed by atoms with Gasteiger partial charge in [0.25, 0.3) is 0 Å². The largest absolute Gasteiger partial charge is 0.309 e. The van der Waals surface area contributed by atoms with Crippen molar-refractivity contribution >= 4 is 77.5 Å². The van der Waals surface area contributed by atoms with Crippen molar-refractivity contribution in [1.82, 2.24) is 32.5 Å². The fourth-order valence-corrected chi connectivity index (χ4v) is 9.22. The van der Waals surface area contributed by atoms with Gasteiger partial charge in [-0.25, -0.2) is 9.97 Å². The molecule has 0 unspecified atom stereocenters. The van der Waals surface area contributed by atoms with E-state index in [2.05, 4.69) is 211 Å². The SMILES string of the molecule is c1ccc(-c2ccc3c(c2)n(-c2cccc(-n4c5ccccc5c5ccc(-n6c7ccccc7n7c8ccccc8nc67)cc54)c2)c2nc4ccccc4n32)cc1. The molecule has 0 aliphatic rings. The van der Waals surface area contributed by atoms with Gasteiger partial charge in [-0.3, -0.25) is 17.9 Å². The average Bonchev–Trinajstić information content (AvgIpc) is 4.06. The Morgan fingerprint density at radius 2 is 0.825 bits per heavy atom. The maximum atomic E-state index is 5.24. The Balaban J connectivity index is 1.07. The Labute approximate surface area is 325 Å². The van der Waals surface area contributed by atoms with E-state index in [1.807, 2.05) is 0 Å². The van der Waals surface area contributed by atoms with Gasteiger partial charge in [-0.1, -0.05) is 103 Å². The Morgan fingerprint density at radius 1 is 0.281 bits per heavy atom. The zero-order valence-electron chi connectivity index (χ0n) is 30.5. The van der Waals surface area contributed by atoms with Gasteiger partial charge in [-0.05, 0) is 96.1 Å². The van der Waals surface area contributed by atoms with E-state index < -0.39 is 0 Å². The zero-order chi connectivity index (χ0) is 37.2. The Bertz CT molecular complexity index is 3760. The van der Waals surface area contributed by atoms with Crippen molar-refractivity contribution in [2.45, 2.75) is 0 Å². The van der Waals surface area contributed by atoms with E-state index in [-0.39, 0.29) is 0 Å². The second-order valence-corrected chi connectivity index (χ2v) is 14.8. The molecule has 13 aromatic rings. The molecule has 57 heavy (non-hydrogen) atoms. The first-order valence-corrected chi connectivity index (χ1v) is 19.3. The van der Waals surface area contributed by atoms with Crippen molar-refractivity contribution in [3.05, 3.63) is 188 Å². The molecular formula is C50H31N7. The van der Waals surface area contributed by atoms with Crippen molar-refractivity contribution in [2.24, 2.45) is 0 Å². The second kappa shape index (κ2) is 11.3. The minimum Gasteiger partial charge on any atom is -0.309 e. The quantitative estimate of drug-likeness (QED) is 0.181. The molecule has 0 bridgehead atoms. The van der Waals surface area contributed by atoms with Crippen molar-refractivity contribution in [2.75, 3.05) is 0 Å². The number of hydrogen-bond acceptors (Lipinski definition) is 2. The Morgan fingerprint density at radius 3 is 1.56 bits per heavy atom. The predicted octanol–water partition coefficient (Wildman–Crippen LogP) is 11.9. The van der Waals surface area contributed by atoms with Gasteiger partial charge in [0, 0.05) is 16.5 Å². The first-order chi connectivity index (χ1) is 28.3. The van der Waals surface area contributed by atoms with Crippen LogP contribution >= 0.6 is 0 Å². The summed E-state index contributed by atoms with van der Waals surface area (Å²) in [5, 5.41) is 2.40. The van der Waals surface area contributed by atoms with Crippen molar-refractivity contribution in [3.63, 3.8) is 0 Å². The summed E-state index contributed by atoms with van der Waals surface area (Å²) in [7, 11) is 0. The van der Waals surface area contributed by atoms with E-state index in [4.69, 9.17) is 9.97 Å². The molecule has 0 spiro atoms. The molecule has 8 aromatic carbocycles. The third-order valence-electron chi connectivity index (χ3n) is 11.7. The molecule has 13 rings (SSSR count). The van der Waals surface area contributed by atoms with Crippen LogP contribution in [0.1, 0.15) is 0 Å². The predicted molar refractivity (Wildman–Crippen MR) is 232 cm³/mol. The maximum Gasteiger partial charge on any atom is 0.220 e. The lowest BCUT2D eigenvalue weighted by Gasteiger charge is -2.13. The summed E-state index contributed by atoms with van der Waals surface area (Å²) in [6.45, 7) is 0. The highest BCUT2D eigenvalue weighted by molar-refractivity contribution is 6.10. The van der Waals surface area contributed by atoms with Crippen LogP contribution in [-0.4, -0.2) is 32.5 Å². The molecule has 0 saturated carbocycles. The fourth-order valence-electron chi connectivity index (χ4n) is 9.22. The van der Waals surface area contributed by atoms with Gasteiger partial charge < -0.3 is 4.57 Å². The van der Waals surface area contributed by atoms with Crippen LogP contribution in [0.25, 0.3) is 106 Å². The van der Waals surface area contributed by atoms with Crippen LogP contribution in [0.4, 0.5) is 0 Å².